The summed E-state index contributed by atoms with van der Waals surface area (Å²) in [6.45, 7) is -1.19. The molecular formula is C6H14NO6. The first-order valence-electron chi connectivity index (χ1n) is 3.70. The lowest BCUT2D eigenvalue weighted by molar-refractivity contribution is -0.309. The molecule has 0 aliphatic carbocycles. The first-order valence-corrected chi connectivity index (χ1v) is 3.70. The van der Waals surface area contributed by atoms with Crippen molar-refractivity contribution in [3.05, 3.63) is 0 Å². The van der Waals surface area contributed by atoms with Crippen molar-refractivity contribution >= 4 is 0 Å². The van der Waals surface area contributed by atoms with Gasteiger partial charge in [-0.1, -0.05) is 0 Å². The summed E-state index contributed by atoms with van der Waals surface area (Å²) in [6, 6.07) is -1.10. The Balaban J connectivity index is 3.99. The largest absolute Gasteiger partial charge is 0.394 e. The van der Waals surface area contributed by atoms with Gasteiger partial charge in [0.15, 0.2) is 0 Å². The predicted octanol–water partition coefficient (Wildman–Crippen LogP) is -3.25. The Bertz CT molecular complexity index is 134. The van der Waals surface area contributed by atoms with Crippen LogP contribution in [0.1, 0.15) is 0 Å². The quantitative estimate of drug-likeness (QED) is 0.223. The third kappa shape index (κ3) is 3.96. The van der Waals surface area contributed by atoms with Gasteiger partial charge in [-0.2, -0.15) is 0 Å². The van der Waals surface area contributed by atoms with Crippen LogP contribution in [0.15, 0.2) is 0 Å². The fraction of sp³-hybridized carbons (Fsp3) is 1.00. The summed E-state index contributed by atoms with van der Waals surface area (Å²) in [4.78, 5) is 3.40. The van der Waals surface area contributed by atoms with Crippen molar-refractivity contribution in [2.75, 3.05) is 13.2 Å². The lowest BCUT2D eigenvalue weighted by Gasteiger charge is -2.25. The second kappa shape index (κ2) is 6.22. The van der Waals surface area contributed by atoms with E-state index in [1.165, 1.54) is 0 Å². The third-order valence-corrected chi connectivity index (χ3v) is 1.63. The lowest BCUT2D eigenvalue weighted by Crippen LogP contribution is -2.50. The minimum Gasteiger partial charge on any atom is -0.394 e. The van der Waals surface area contributed by atoms with Gasteiger partial charge >= 0.3 is 0 Å². The van der Waals surface area contributed by atoms with Gasteiger partial charge in [0.25, 0.3) is 0 Å². The highest BCUT2D eigenvalue weighted by atomic mass is 17.1. The van der Waals surface area contributed by atoms with Crippen LogP contribution in [-0.4, -0.2) is 58.0 Å². The summed E-state index contributed by atoms with van der Waals surface area (Å²) in [6.07, 6.45) is -4.61. The second-order valence-electron chi connectivity index (χ2n) is 2.68. The maximum absolute atomic E-state index is 9.62. The molecule has 1 radical (unpaired) electrons. The lowest BCUT2D eigenvalue weighted by atomic mass is 10.0. The van der Waals surface area contributed by atoms with Crippen LogP contribution in [0.2, 0.25) is 0 Å². The molecule has 0 aliphatic heterocycles. The minimum atomic E-state index is -1.60. The van der Waals surface area contributed by atoms with Gasteiger partial charge in [-0.3, -0.25) is 0 Å². The van der Waals surface area contributed by atoms with Crippen molar-refractivity contribution in [1.29, 1.82) is 0 Å². The third-order valence-electron chi connectivity index (χ3n) is 1.63. The van der Waals surface area contributed by atoms with E-state index in [0.717, 1.165) is 0 Å². The van der Waals surface area contributed by atoms with Gasteiger partial charge in [0.1, 0.15) is 18.8 Å². The Morgan fingerprint density at radius 2 is 1.77 bits per heavy atom. The molecule has 0 aromatic heterocycles. The highest BCUT2D eigenvalue weighted by Crippen LogP contribution is 2.03. The minimum absolute atomic E-state index is 0.490. The zero-order chi connectivity index (χ0) is 10.4. The zero-order valence-corrected chi connectivity index (χ0v) is 6.91. The van der Waals surface area contributed by atoms with E-state index in [-0.39, 0.29) is 0 Å². The Labute approximate surface area is 74.9 Å². The molecule has 0 aromatic rings. The maximum atomic E-state index is 9.62. The number of hydrogen-bond donors (Lipinski definition) is 5. The molecular weight excluding hydrogens is 182 g/mol. The number of aliphatic hydroxyl groups is 4. The molecule has 0 saturated heterocycles. The molecule has 4 atom stereocenters. The smallest absolute Gasteiger partial charge is 0.110 e. The van der Waals surface area contributed by atoms with Crippen LogP contribution in [0, 0.1) is 0 Å². The van der Waals surface area contributed by atoms with E-state index >= 15 is 0 Å². The first-order chi connectivity index (χ1) is 6.04. The van der Waals surface area contributed by atoms with E-state index in [1.54, 1.807) is 0 Å². The number of rotatable bonds is 6. The fourth-order valence-corrected chi connectivity index (χ4v) is 0.766. The molecule has 0 fully saturated rings. The molecule has 0 rings (SSSR count). The predicted molar refractivity (Wildman–Crippen MR) is 39.7 cm³/mol. The summed E-state index contributed by atoms with van der Waals surface area (Å²) in [7, 11) is 0. The van der Waals surface area contributed by atoms with Gasteiger partial charge in [0.2, 0.25) is 0 Å². The van der Waals surface area contributed by atoms with E-state index < -0.39 is 37.6 Å². The molecule has 79 valence electrons. The topological polar surface area (TPSA) is 136 Å². The molecule has 0 aromatic carbocycles. The first kappa shape index (κ1) is 12.7. The van der Waals surface area contributed by atoms with E-state index in [9.17, 15) is 5.26 Å². The Morgan fingerprint density at radius 3 is 2.15 bits per heavy atom. The SMILES string of the molecule is N[C@@H](CO[O])[C@@H](O)[C@@H](O)[C@H](O)CO. The van der Waals surface area contributed by atoms with Crippen LogP contribution < -0.4 is 5.73 Å². The van der Waals surface area contributed by atoms with E-state index in [0.29, 0.717) is 0 Å². The van der Waals surface area contributed by atoms with Crippen molar-refractivity contribution in [3.63, 3.8) is 0 Å². The van der Waals surface area contributed by atoms with E-state index in [2.05, 4.69) is 4.89 Å². The van der Waals surface area contributed by atoms with E-state index in [1.807, 2.05) is 0 Å². The van der Waals surface area contributed by atoms with E-state index in [4.69, 9.17) is 26.2 Å². The molecule has 0 unspecified atom stereocenters. The van der Waals surface area contributed by atoms with Gasteiger partial charge in [-0.25, -0.2) is 4.89 Å². The monoisotopic (exact) mass is 196 g/mol. The van der Waals surface area contributed by atoms with Crippen LogP contribution >= 0.6 is 0 Å². The standard InChI is InChI=1S/C6H14NO6/c7-3(2-13-12)5(10)6(11)4(9)1-8/h3-6,8-11H,1-2,7H2/t3-,4+,5+,6-/m0/s1. The Hall–Kier alpha value is -0.280. The maximum Gasteiger partial charge on any atom is 0.110 e. The molecule has 0 saturated carbocycles. The summed E-state index contributed by atoms with van der Waals surface area (Å²) in [5.74, 6) is 0. The van der Waals surface area contributed by atoms with Crippen LogP contribution in [0.25, 0.3) is 0 Å². The van der Waals surface area contributed by atoms with Crippen molar-refractivity contribution in [3.8, 4) is 0 Å². The summed E-state index contributed by atoms with van der Waals surface area (Å²) < 4.78 is 0. The van der Waals surface area contributed by atoms with Crippen LogP contribution in [-0.2, 0) is 10.1 Å². The van der Waals surface area contributed by atoms with Crippen molar-refractivity contribution in [2.45, 2.75) is 24.4 Å². The Kier molecular flexibility index (Phi) is 6.08. The fourth-order valence-electron chi connectivity index (χ4n) is 0.766. The van der Waals surface area contributed by atoms with Crippen LogP contribution in [0.3, 0.4) is 0 Å². The summed E-state index contributed by atoms with van der Waals surface area (Å²) in [5.41, 5.74) is 5.19. The van der Waals surface area contributed by atoms with Crippen molar-refractivity contribution in [1.82, 2.24) is 0 Å². The highest BCUT2D eigenvalue weighted by Gasteiger charge is 2.29. The number of hydrogen-bond acceptors (Lipinski definition) is 6. The molecule has 6 N–H and O–H groups in total. The van der Waals surface area contributed by atoms with Gasteiger partial charge in [-0.05, 0) is 5.26 Å². The molecule has 7 heteroatoms. The van der Waals surface area contributed by atoms with Gasteiger partial charge in [0.05, 0.1) is 18.8 Å². The van der Waals surface area contributed by atoms with Gasteiger partial charge in [-0.15, -0.1) is 0 Å². The van der Waals surface area contributed by atoms with Crippen molar-refractivity contribution < 1.29 is 30.6 Å². The van der Waals surface area contributed by atoms with Crippen LogP contribution in [0.5, 0.6) is 0 Å². The molecule has 0 bridgehead atoms. The average molecular weight is 196 g/mol. The van der Waals surface area contributed by atoms with Crippen LogP contribution in [0.4, 0.5) is 0 Å². The molecule has 0 aliphatic rings. The summed E-state index contributed by atoms with van der Waals surface area (Å²) in [5, 5.41) is 45.2. The molecule has 13 heavy (non-hydrogen) atoms. The normalized spacial score (nSPS) is 20.8. The summed E-state index contributed by atoms with van der Waals surface area (Å²) >= 11 is 0. The second-order valence-corrected chi connectivity index (χ2v) is 2.68. The molecule has 0 spiro atoms. The molecule has 7 nitrogen and oxygen atoms in total. The zero-order valence-electron chi connectivity index (χ0n) is 6.91. The average Bonchev–Trinajstić information content (AvgIpc) is 2.14. The number of nitrogens with two attached hydrogens (primary N) is 1. The Morgan fingerprint density at radius 1 is 1.23 bits per heavy atom. The molecule has 0 amide bonds. The number of aliphatic hydroxyl groups excluding tert-OH is 4. The van der Waals surface area contributed by atoms with Gasteiger partial charge in [0, 0.05) is 0 Å². The van der Waals surface area contributed by atoms with Gasteiger partial charge < -0.3 is 26.2 Å². The highest BCUT2D eigenvalue weighted by molar-refractivity contribution is 4.82. The van der Waals surface area contributed by atoms with Crippen molar-refractivity contribution in [2.24, 2.45) is 5.73 Å². The molecule has 0 heterocycles.